The minimum Gasteiger partial charge on any atom is -0.353 e. The highest BCUT2D eigenvalue weighted by atomic mass is 19.1. The number of aromatic nitrogens is 4. The lowest BCUT2D eigenvalue weighted by molar-refractivity contribution is -0.114. The molecule has 4 aromatic rings. The van der Waals surface area contributed by atoms with Crippen LogP contribution in [0.1, 0.15) is 6.92 Å². The molecule has 128 valence electrons. The third-order valence-corrected chi connectivity index (χ3v) is 3.88. The van der Waals surface area contributed by atoms with Gasteiger partial charge in [0.05, 0.1) is 28.0 Å². The van der Waals surface area contributed by atoms with Gasteiger partial charge in [0.2, 0.25) is 11.9 Å². The fourth-order valence-corrected chi connectivity index (χ4v) is 2.87. The van der Waals surface area contributed by atoms with E-state index in [4.69, 9.17) is 0 Å². The molecule has 4 rings (SSSR count). The molecular weight excluding hydrogens is 333 g/mol. The summed E-state index contributed by atoms with van der Waals surface area (Å²) in [5, 5.41) is 2.66. The Labute approximate surface area is 148 Å². The highest BCUT2D eigenvalue weighted by molar-refractivity contribution is 6.01. The largest absolute Gasteiger partial charge is 0.353 e. The summed E-state index contributed by atoms with van der Waals surface area (Å²) in [5.41, 5.74) is 4.18. The van der Waals surface area contributed by atoms with Crippen LogP contribution in [0.3, 0.4) is 0 Å². The number of amides is 1. The summed E-state index contributed by atoms with van der Waals surface area (Å²) in [6.07, 6.45) is 3.28. The van der Waals surface area contributed by atoms with Crippen molar-refractivity contribution in [2.24, 2.45) is 0 Å². The number of nitrogens with one attached hydrogen (secondary N) is 2. The molecule has 6 nitrogen and oxygen atoms in total. The van der Waals surface area contributed by atoms with Crippen LogP contribution in [0.5, 0.6) is 0 Å². The van der Waals surface area contributed by atoms with Gasteiger partial charge in [-0.2, -0.15) is 4.39 Å². The van der Waals surface area contributed by atoms with E-state index in [0.717, 1.165) is 16.8 Å². The standard InChI is InChI=1S/C19H14FN5O/c1-11(26)23-16-10-12(7-9-21-16)18-17(13-4-2-6-15(20)24-13)19-14(25-18)5-3-8-22-19/h2-10,25H,1H3,(H,21,23,26). The van der Waals surface area contributed by atoms with E-state index in [1.54, 1.807) is 36.7 Å². The first-order chi connectivity index (χ1) is 12.6. The van der Waals surface area contributed by atoms with E-state index in [1.807, 2.05) is 12.1 Å². The van der Waals surface area contributed by atoms with E-state index >= 15 is 0 Å². The van der Waals surface area contributed by atoms with Crippen molar-refractivity contribution < 1.29 is 9.18 Å². The highest BCUT2D eigenvalue weighted by Crippen LogP contribution is 2.36. The van der Waals surface area contributed by atoms with Gasteiger partial charge < -0.3 is 10.3 Å². The van der Waals surface area contributed by atoms with E-state index in [1.165, 1.54) is 13.0 Å². The maximum absolute atomic E-state index is 13.7. The number of hydrogen-bond donors (Lipinski definition) is 2. The molecule has 4 aromatic heterocycles. The number of hydrogen-bond acceptors (Lipinski definition) is 4. The zero-order valence-electron chi connectivity index (χ0n) is 13.8. The van der Waals surface area contributed by atoms with E-state index in [2.05, 4.69) is 25.3 Å². The molecule has 0 aliphatic heterocycles. The molecule has 0 aliphatic carbocycles. The van der Waals surface area contributed by atoms with Gasteiger partial charge in [-0.15, -0.1) is 0 Å². The molecule has 0 saturated heterocycles. The number of rotatable bonds is 3. The van der Waals surface area contributed by atoms with Crippen molar-refractivity contribution in [3.8, 4) is 22.5 Å². The molecule has 2 N–H and O–H groups in total. The number of H-pyrrole nitrogens is 1. The van der Waals surface area contributed by atoms with Crippen molar-refractivity contribution in [2.45, 2.75) is 6.92 Å². The minimum absolute atomic E-state index is 0.208. The molecular formula is C19H14FN5O. The van der Waals surface area contributed by atoms with Crippen LogP contribution >= 0.6 is 0 Å². The molecule has 7 heteroatoms. The van der Waals surface area contributed by atoms with Crippen LogP contribution in [0.2, 0.25) is 0 Å². The van der Waals surface area contributed by atoms with Crippen LogP contribution in [0.4, 0.5) is 10.2 Å². The number of pyridine rings is 3. The van der Waals surface area contributed by atoms with Crippen LogP contribution in [0, 0.1) is 5.95 Å². The second-order valence-corrected chi connectivity index (χ2v) is 5.73. The normalized spacial score (nSPS) is 10.8. The number of anilines is 1. The van der Waals surface area contributed by atoms with E-state index in [9.17, 15) is 9.18 Å². The SMILES string of the molecule is CC(=O)Nc1cc(-c2[nH]c3cccnc3c2-c2cccc(F)n2)ccn1. The molecule has 26 heavy (non-hydrogen) atoms. The van der Waals surface area contributed by atoms with E-state index in [-0.39, 0.29) is 5.91 Å². The van der Waals surface area contributed by atoms with E-state index < -0.39 is 5.95 Å². The molecule has 0 bridgehead atoms. The number of carbonyl (C=O) groups is 1. The van der Waals surface area contributed by atoms with Crippen molar-refractivity contribution in [1.29, 1.82) is 0 Å². The van der Waals surface area contributed by atoms with Crippen molar-refractivity contribution in [3.63, 3.8) is 0 Å². The zero-order chi connectivity index (χ0) is 18.1. The molecule has 0 radical (unpaired) electrons. The smallest absolute Gasteiger partial charge is 0.222 e. The van der Waals surface area contributed by atoms with Crippen LogP contribution in [0.15, 0.2) is 54.9 Å². The van der Waals surface area contributed by atoms with Gasteiger partial charge in [-0.3, -0.25) is 9.78 Å². The lowest BCUT2D eigenvalue weighted by Crippen LogP contribution is -2.07. The maximum Gasteiger partial charge on any atom is 0.222 e. The van der Waals surface area contributed by atoms with Gasteiger partial charge >= 0.3 is 0 Å². The highest BCUT2D eigenvalue weighted by Gasteiger charge is 2.18. The number of halogens is 1. The molecule has 0 unspecified atom stereocenters. The summed E-state index contributed by atoms with van der Waals surface area (Å²) < 4.78 is 13.7. The Morgan fingerprint density at radius 2 is 2.00 bits per heavy atom. The molecule has 0 fully saturated rings. The van der Waals surface area contributed by atoms with Crippen LogP contribution in [-0.2, 0) is 4.79 Å². The topological polar surface area (TPSA) is 83.6 Å². The second kappa shape index (κ2) is 6.36. The van der Waals surface area contributed by atoms with Crippen molar-refractivity contribution >= 4 is 22.8 Å². The fourth-order valence-electron chi connectivity index (χ4n) is 2.87. The lowest BCUT2D eigenvalue weighted by Gasteiger charge is -2.07. The van der Waals surface area contributed by atoms with E-state index in [0.29, 0.717) is 22.6 Å². The Morgan fingerprint density at radius 1 is 1.12 bits per heavy atom. The third-order valence-electron chi connectivity index (χ3n) is 3.88. The second-order valence-electron chi connectivity index (χ2n) is 5.73. The van der Waals surface area contributed by atoms with Gasteiger partial charge in [-0.05, 0) is 36.4 Å². The monoisotopic (exact) mass is 347 g/mol. The number of aromatic amines is 1. The van der Waals surface area contributed by atoms with Crippen molar-refractivity contribution in [3.05, 3.63) is 60.8 Å². The van der Waals surface area contributed by atoms with Gasteiger partial charge in [-0.1, -0.05) is 6.07 Å². The summed E-state index contributed by atoms with van der Waals surface area (Å²) in [6, 6.07) is 11.9. The van der Waals surface area contributed by atoms with Gasteiger partial charge in [0, 0.05) is 24.9 Å². The lowest BCUT2D eigenvalue weighted by atomic mass is 10.0. The molecule has 0 atom stereocenters. The van der Waals surface area contributed by atoms with Crippen LogP contribution in [0.25, 0.3) is 33.5 Å². The summed E-state index contributed by atoms with van der Waals surface area (Å²) in [4.78, 5) is 27.2. The van der Waals surface area contributed by atoms with Gasteiger partial charge in [-0.25, -0.2) is 9.97 Å². The number of nitrogens with zero attached hydrogens (tertiary/aromatic N) is 3. The van der Waals surface area contributed by atoms with Gasteiger partial charge in [0.1, 0.15) is 5.82 Å². The molecule has 4 heterocycles. The fraction of sp³-hybridized carbons (Fsp3) is 0.0526. The Hall–Kier alpha value is -3.61. The molecule has 0 spiro atoms. The predicted octanol–water partition coefficient (Wildman–Crippen LogP) is 3.78. The predicted molar refractivity (Wildman–Crippen MR) is 96.8 cm³/mol. The first kappa shape index (κ1) is 15.9. The first-order valence-electron chi connectivity index (χ1n) is 7.95. The first-order valence-corrected chi connectivity index (χ1v) is 7.95. The number of carbonyl (C=O) groups excluding carboxylic acids is 1. The van der Waals surface area contributed by atoms with Crippen molar-refractivity contribution in [2.75, 3.05) is 5.32 Å². The van der Waals surface area contributed by atoms with Gasteiger partial charge in [0.15, 0.2) is 0 Å². The average Bonchev–Trinajstić information content (AvgIpc) is 3.01. The van der Waals surface area contributed by atoms with Crippen molar-refractivity contribution in [1.82, 2.24) is 19.9 Å². The Balaban J connectivity index is 1.96. The summed E-state index contributed by atoms with van der Waals surface area (Å²) in [7, 11) is 0. The zero-order valence-corrected chi connectivity index (χ0v) is 13.8. The summed E-state index contributed by atoms with van der Waals surface area (Å²) in [5.74, 6) is -0.341. The maximum atomic E-state index is 13.7. The van der Waals surface area contributed by atoms with Gasteiger partial charge in [0.25, 0.3) is 0 Å². The molecule has 0 saturated carbocycles. The van der Waals surface area contributed by atoms with Crippen LogP contribution < -0.4 is 5.32 Å². The third kappa shape index (κ3) is 2.90. The Bertz CT molecular complexity index is 1120. The van der Waals surface area contributed by atoms with Crippen LogP contribution in [-0.4, -0.2) is 25.8 Å². The quantitative estimate of drug-likeness (QED) is 0.552. The molecule has 0 aliphatic rings. The summed E-state index contributed by atoms with van der Waals surface area (Å²) in [6.45, 7) is 1.42. The minimum atomic E-state index is -0.563. The molecule has 1 amide bonds. The summed E-state index contributed by atoms with van der Waals surface area (Å²) >= 11 is 0. The Morgan fingerprint density at radius 3 is 2.81 bits per heavy atom. The Kier molecular flexibility index (Phi) is 3.89. The average molecular weight is 347 g/mol. The number of fused-ring (bicyclic) bond motifs is 1. The molecule has 0 aromatic carbocycles.